The normalized spacial score (nSPS) is 14.4. The van der Waals surface area contributed by atoms with Gasteiger partial charge in [0.25, 0.3) is 0 Å². The highest BCUT2D eigenvalue weighted by molar-refractivity contribution is 7.99. The van der Waals surface area contributed by atoms with Gasteiger partial charge in [-0.1, -0.05) is 0 Å². The molecule has 0 aliphatic heterocycles. The van der Waals surface area contributed by atoms with E-state index in [0.717, 1.165) is 11.8 Å². The summed E-state index contributed by atoms with van der Waals surface area (Å²) in [5.41, 5.74) is 0. The Labute approximate surface area is 83.1 Å². The molecule has 0 radical (unpaired) electrons. The van der Waals surface area contributed by atoms with E-state index in [0.29, 0.717) is 10.7 Å². The van der Waals surface area contributed by atoms with Crippen LogP contribution in [0.15, 0.2) is 21.6 Å². The highest BCUT2D eigenvalue weighted by Crippen LogP contribution is 2.28. The summed E-state index contributed by atoms with van der Waals surface area (Å²) in [6.07, 6.45) is -5.44. The lowest BCUT2D eigenvalue weighted by Crippen LogP contribution is -2.30. The molecule has 0 aromatic carbocycles. The first-order valence-electron chi connectivity index (χ1n) is 3.83. The summed E-state index contributed by atoms with van der Waals surface area (Å²) in [5.74, 6) is 0.147. The van der Waals surface area contributed by atoms with Gasteiger partial charge in [-0.15, -0.1) is 11.8 Å². The third kappa shape index (κ3) is 2.95. The van der Waals surface area contributed by atoms with Gasteiger partial charge in [-0.05, 0) is 13.0 Å². The smallest absolute Gasteiger partial charge is 0.415 e. The maximum Gasteiger partial charge on any atom is 0.415 e. The number of hydrogen-bond acceptors (Lipinski definition) is 3. The number of hydrogen-bond donors (Lipinski definition) is 1. The predicted octanol–water partition coefficient (Wildman–Crippen LogP) is 2.60. The standard InChI is InChI=1S/C8H9F3O2S/c1-5-6(2-3-13-5)14-4-7(12)8(9,10)11/h2-3,7,12H,4H2,1H3. The molecule has 1 aromatic rings. The fourth-order valence-corrected chi connectivity index (χ4v) is 1.72. The molecule has 0 spiro atoms. The molecule has 0 aliphatic rings. The van der Waals surface area contributed by atoms with E-state index in [-0.39, 0.29) is 0 Å². The van der Waals surface area contributed by atoms with E-state index in [4.69, 9.17) is 9.52 Å². The molecule has 0 amide bonds. The number of thioether (sulfide) groups is 1. The van der Waals surface area contributed by atoms with E-state index in [1.165, 1.54) is 6.26 Å². The second kappa shape index (κ2) is 4.27. The van der Waals surface area contributed by atoms with Gasteiger partial charge in [0.05, 0.1) is 6.26 Å². The van der Waals surface area contributed by atoms with Crippen LogP contribution in [0.4, 0.5) is 13.2 Å². The van der Waals surface area contributed by atoms with E-state index in [9.17, 15) is 13.2 Å². The quantitative estimate of drug-likeness (QED) is 0.804. The predicted molar refractivity (Wildman–Crippen MR) is 46.2 cm³/mol. The van der Waals surface area contributed by atoms with Crippen LogP contribution in [0.1, 0.15) is 5.76 Å². The van der Waals surface area contributed by atoms with Crippen molar-refractivity contribution in [2.45, 2.75) is 24.1 Å². The molecule has 1 rings (SSSR count). The van der Waals surface area contributed by atoms with Crippen LogP contribution in [0.5, 0.6) is 0 Å². The minimum absolute atomic E-state index is 0.413. The first-order chi connectivity index (χ1) is 6.41. The molecule has 6 heteroatoms. The summed E-state index contributed by atoms with van der Waals surface area (Å²) in [4.78, 5) is 0.619. The van der Waals surface area contributed by atoms with Gasteiger partial charge >= 0.3 is 6.18 Å². The molecule has 0 saturated carbocycles. The Morgan fingerprint density at radius 3 is 2.64 bits per heavy atom. The lowest BCUT2D eigenvalue weighted by Gasteiger charge is -2.13. The van der Waals surface area contributed by atoms with E-state index < -0.39 is 18.0 Å². The van der Waals surface area contributed by atoms with Crippen LogP contribution < -0.4 is 0 Å². The van der Waals surface area contributed by atoms with Crippen LogP contribution >= 0.6 is 11.8 Å². The summed E-state index contributed by atoms with van der Waals surface area (Å²) in [5, 5.41) is 8.70. The van der Waals surface area contributed by atoms with Gasteiger partial charge in [-0.2, -0.15) is 13.2 Å². The molecular weight excluding hydrogens is 217 g/mol. The van der Waals surface area contributed by atoms with Gasteiger partial charge < -0.3 is 9.52 Å². The minimum atomic E-state index is -4.55. The molecule has 1 unspecified atom stereocenters. The third-order valence-corrected chi connectivity index (χ3v) is 2.80. The average Bonchev–Trinajstić information content (AvgIpc) is 2.45. The van der Waals surface area contributed by atoms with Crippen LogP contribution in [-0.2, 0) is 0 Å². The SMILES string of the molecule is Cc1occc1SCC(O)C(F)(F)F. The summed E-state index contributed by atoms with van der Waals surface area (Å²) >= 11 is 0.925. The molecule has 14 heavy (non-hydrogen) atoms. The zero-order valence-corrected chi connectivity index (χ0v) is 8.15. The molecule has 0 aliphatic carbocycles. The van der Waals surface area contributed by atoms with Crippen molar-refractivity contribution in [3.63, 3.8) is 0 Å². The van der Waals surface area contributed by atoms with Crippen molar-refractivity contribution < 1.29 is 22.7 Å². The van der Waals surface area contributed by atoms with Gasteiger partial charge in [0.1, 0.15) is 5.76 Å². The molecule has 0 fully saturated rings. The van der Waals surface area contributed by atoms with Gasteiger partial charge in [0.2, 0.25) is 0 Å². The lowest BCUT2D eigenvalue weighted by molar-refractivity contribution is -0.195. The summed E-state index contributed by atoms with van der Waals surface area (Å²) < 4.78 is 40.6. The Hall–Kier alpha value is -0.620. The zero-order valence-electron chi connectivity index (χ0n) is 7.34. The number of rotatable bonds is 3. The average molecular weight is 226 g/mol. The monoisotopic (exact) mass is 226 g/mol. The first kappa shape index (κ1) is 11.5. The number of aryl methyl sites for hydroxylation is 1. The van der Waals surface area contributed by atoms with Gasteiger partial charge in [0.15, 0.2) is 6.10 Å². The fourth-order valence-electron chi connectivity index (χ4n) is 0.786. The van der Waals surface area contributed by atoms with Crippen LogP contribution in [0.2, 0.25) is 0 Å². The van der Waals surface area contributed by atoms with Crippen LogP contribution in [-0.4, -0.2) is 23.1 Å². The van der Waals surface area contributed by atoms with E-state index in [2.05, 4.69) is 0 Å². The Morgan fingerprint density at radius 1 is 1.57 bits per heavy atom. The molecule has 2 nitrogen and oxygen atoms in total. The fraction of sp³-hybridized carbons (Fsp3) is 0.500. The van der Waals surface area contributed by atoms with E-state index >= 15 is 0 Å². The van der Waals surface area contributed by atoms with Crippen LogP contribution in [0, 0.1) is 6.92 Å². The lowest BCUT2D eigenvalue weighted by atomic mass is 10.4. The maximum atomic E-state index is 11.9. The second-order valence-corrected chi connectivity index (χ2v) is 3.77. The Morgan fingerprint density at radius 2 is 2.21 bits per heavy atom. The summed E-state index contributed by atoms with van der Waals surface area (Å²) in [6, 6.07) is 1.57. The molecule has 1 atom stereocenters. The number of alkyl halides is 3. The molecule has 0 saturated heterocycles. The molecule has 1 N–H and O–H groups in total. The van der Waals surface area contributed by atoms with Crippen molar-refractivity contribution in [1.29, 1.82) is 0 Å². The largest absolute Gasteiger partial charge is 0.468 e. The number of halogens is 3. The van der Waals surface area contributed by atoms with Crippen molar-refractivity contribution >= 4 is 11.8 Å². The third-order valence-electron chi connectivity index (χ3n) is 1.59. The van der Waals surface area contributed by atoms with Crippen molar-refractivity contribution in [3.05, 3.63) is 18.1 Å². The van der Waals surface area contributed by atoms with Gasteiger partial charge in [-0.3, -0.25) is 0 Å². The van der Waals surface area contributed by atoms with E-state index in [1.807, 2.05) is 0 Å². The minimum Gasteiger partial charge on any atom is -0.468 e. The topological polar surface area (TPSA) is 33.4 Å². The highest BCUT2D eigenvalue weighted by atomic mass is 32.2. The Kier molecular flexibility index (Phi) is 3.49. The van der Waals surface area contributed by atoms with Gasteiger partial charge in [0, 0.05) is 10.6 Å². The van der Waals surface area contributed by atoms with Crippen molar-refractivity contribution in [2.75, 3.05) is 5.75 Å². The molecular formula is C8H9F3O2S. The summed E-state index contributed by atoms with van der Waals surface area (Å²) in [6.45, 7) is 1.66. The number of aliphatic hydroxyl groups is 1. The van der Waals surface area contributed by atoms with Crippen molar-refractivity contribution in [2.24, 2.45) is 0 Å². The summed E-state index contributed by atoms with van der Waals surface area (Å²) in [7, 11) is 0. The van der Waals surface area contributed by atoms with Crippen molar-refractivity contribution in [1.82, 2.24) is 0 Å². The van der Waals surface area contributed by atoms with Crippen LogP contribution in [0.25, 0.3) is 0 Å². The molecule has 0 bridgehead atoms. The second-order valence-electron chi connectivity index (χ2n) is 2.71. The zero-order chi connectivity index (χ0) is 10.8. The Bertz CT molecular complexity index is 295. The number of aliphatic hydroxyl groups excluding tert-OH is 1. The molecule has 1 aromatic heterocycles. The van der Waals surface area contributed by atoms with Crippen molar-refractivity contribution in [3.8, 4) is 0 Å². The number of furan rings is 1. The maximum absolute atomic E-state index is 11.9. The van der Waals surface area contributed by atoms with Gasteiger partial charge in [-0.25, -0.2) is 0 Å². The molecule has 1 heterocycles. The Balaban J connectivity index is 2.46. The highest BCUT2D eigenvalue weighted by Gasteiger charge is 2.38. The molecule has 80 valence electrons. The first-order valence-corrected chi connectivity index (χ1v) is 4.81. The van der Waals surface area contributed by atoms with E-state index in [1.54, 1.807) is 13.0 Å². The van der Waals surface area contributed by atoms with Crippen LogP contribution in [0.3, 0.4) is 0 Å².